The molecule has 2 rings (SSSR count). The number of benzene rings is 2. The molecule has 190 valence electrons. The van der Waals surface area contributed by atoms with Crippen molar-refractivity contribution < 1.29 is 22.9 Å². The quantitative estimate of drug-likeness (QED) is 0.141. The topological polar surface area (TPSA) is 91.7 Å². The Balaban J connectivity index is 0.000000358. The number of aliphatic carboxylic acids is 1. The second-order valence-corrected chi connectivity index (χ2v) is 10.1. The van der Waals surface area contributed by atoms with E-state index in [2.05, 4.69) is 19.1 Å². The highest BCUT2D eigenvalue weighted by Gasteiger charge is 2.12. The highest BCUT2D eigenvalue weighted by molar-refractivity contribution is 7.86. The zero-order valence-electron chi connectivity index (χ0n) is 20.6. The van der Waals surface area contributed by atoms with Gasteiger partial charge in [-0.2, -0.15) is 8.42 Å². The number of hydrogen-bond donors (Lipinski definition) is 2. The molecule has 5 nitrogen and oxygen atoms in total. The van der Waals surface area contributed by atoms with Crippen LogP contribution in [0.15, 0.2) is 59.5 Å². The fraction of sp³-hybridized carbons (Fsp3) is 0.536. The summed E-state index contributed by atoms with van der Waals surface area (Å²) < 4.78 is 31.0. The van der Waals surface area contributed by atoms with Gasteiger partial charge in [0.1, 0.15) is 4.90 Å². The van der Waals surface area contributed by atoms with Crippen LogP contribution >= 0.6 is 0 Å². The molecular weight excluding hydrogens is 448 g/mol. The first kappa shape index (κ1) is 29.9. The van der Waals surface area contributed by atoms with Crippen LogP contribution < -0.4 is 0 Å². The maximum atomic E-state index is 11.0. The van der Waals surface area contributed by atoms with E-state index in [1.807, 2.05) is 6.07 Å². The maximum absolute atomic E-state index is 11.0. The zero-order chi connectivity index (χ0) is 25.1. The zero-order valence-corrected chi connectivity index (χ0v) is 21.4. The summed E-state index contributed by atoms with van der Waals surface area (Å²) in [7, 11) is -4.13. The van der Waals surface area contributed by atoms with Gasteiger partial charge in [0.2, 0.25) is 0 Å². The first-order valence-electron chi connectivity index (χ1n) is 12.7. The minimum atomic E-state index is -4.13. The van der Waals surface area contributed by atoms with E-state index in [0.29, 0.717) is 11.8 Å². The lowest BCUT2D eigenvalue weighted by molar-refractivity contribution is -0.137. The molecule has 0 saturated heterocycles. The van der Waals surface area contributed by atoms with Gasteiger partial charge in [0.25, 0.3) is 10.1 Å². The molecule has 2 aromatic rings. The van der Waals surface area contributed by atoms with Crippen LogP contribution in [0.25, 0.3) is 10.8 Å². The molecule has 34 heavy (non-hydrogen) atoms. The molecule has 2 N–H and O–H groups in total. The number of hydrogen-bond acceptors (Lipinski definition) is 3. The van der Waals surface area contributed by atoms with Crippen LogP contribution in [0.2, 0.25) is 0 Å². The van der Waals surface area contributed by atoms with E-state index in [-0.39, 0.29) is 4.90 Å². The first-order chi connectivity index (χ1) is 16.4. The van der Waals surface area contributed by atoms with Crippen molar-refractivity contribution in [3.8, 4) is 0 Å². The molecule has 0 saturated carbocycles. The fourth-order valence-electron chi connectivity index (χ4n) is 3.77. The Labute approximate surface area is 206 Å². The van der Waals surface area contributed by atoms with Crippen LogP contribution in [0.3, 0.4) is 0 Å². The third kappa shape index (κ3) is 14.2. The Bertz CT molecular complexity index is 945. The smallest absolute Gasteiger partial charge is 0.303 e. The van der Waals surface area contributed by atoms with E-state index >= 15 is 0 Å². The Morgan fingerprint density at radius 2 is 1.29 bits per heavy atom. The Morgan fingerprint density at radius 1 is 0.765 bits per heavy atom. The van der Waals surface area contributed by atoms with E-state index in [4.69, 9.17) is 9.66 Å². The molecule has 0 atom stereocenters. The second-order valence-electron chi connectivity index (χ2n) is 8.68. The molecule has 6 heteroatoms. The number of carboxylic acids is 1. The molecule has 0 bridgehead atoms. The van der Waals surface area contributed by atoms with E-state index in [9.17, 15) is 13.2 Å². The number of rotatable bonds is 16. The van der Waals surface area contributed by atoms with Crippen LogP contribution in [0.1, 0.15) is 96.8 Å². The monoisotopic (exact) mass is 490 g/mol. The molecule has 0 amide bonds. The first-order valence-corrected chi connectivity index (χ1v) is 14.1. The van der Waals surface area contributed by atoms with Crippen LogP contribution in [0.4, 0.5) is 0 Å². The SMILES string of the molecule is CCCCCCCCC=CCCCCCCCC(=O)O.O=S(=O)(O)c1cccc2ccccc12. The Morgan fingerprint density at radius 3 is 1.88 bits per heavy atom. The van der Waals surface area contributed by atoms with Gasteiger partial charge < -0.3 is 5.11 Å². The largest absolute Gasteiger partial charge is 0.481 e. The lowest BCUT2D eigenvalue weighted by Crippen LogP contribution is -1.98. The minimum absolute atomic E-state index is 0.0457. The summed E-state index contributed by atoms with van der Waals surface area (Å²) in [5.74, 6) is -0.664. The number of allylic oxidation sites excluding steroid dienone is 2. The van der Waals surface area contributed by atoms with Gasteiger partial charge in [0, 0.05) is 11.8 Å². The standard InChI is InChI=1S/C18H34O2.C10H8O3S/c1-2-3-4-5-6-7-8-9-10-11-12-13-14-15-16-17-18(19)20;11-14(12,13)10-7-3-5-8-4-1-2-6-9(8)10/h9-10H,2-8,11-17H2,1H3,(H,19,20);1-7H,(H,11,12,13). The lowest BCUT2D eigenvalue weighted by atomic mass is 10.1. The van der Waals surface area contributed by atoms with Crippen molar-refractivity contribution >= 4 is 26.9 Å². The summed E-state index contributed by atoms with van der Waals surface area (Å²) in [5, 5.41) is 9.84. The predicted octanol–water partition coefficient (Wildman–Crippen LogP) is 8.20. The summed E-state index contributed by atoms with van der Waals surface area (Å²) in [5.41, 5.74) is 0. The van der Waals surface area contributed by atoms with Gasteiger partial charge in [-0.05, 0) is 43.6 Å². The van der Waals surface area contributed by atoms with Crippen molar-refractivity contribution in [2.45, 2.75) is 102 Å². The van der Waals surface area contributed by atoms with Crippen LogP contribution in [-0.2, 0) is 14.9 Å². The molecule has 0 fully saturated rings. The third-order valence-corrected chi connectivity index (χ3v) is 6.59. The van der Waals surface area contributed by atoms with Crippen molar-refractivity contribution in [1.82, 2.24) is 0 Å². The van der Waals surface area contributed by atoms with Crippen molar-refractivity contribution in [2.24, 2.45) is 0 Å². The predicted molar refractivity (Wildman–Crippen MR) is 141 cm³/mol. The number of fused-ring (bicyclic) bond motifs is 1. The van der Waals surface area contributed by atoms with Crippen molar-refractivity contribution in [3.05, 3.63) is 54.6 Å². The summed E-state index contributed by atoms with van der Waals surface area (Å²) in [6.45, 7) is 2.26. The summed E-state index contributed by atoms with van der Waals surface area (Å²) >= 11 is 0. The van der Waals surface area contributed by atoms with Gasteiger partial charge in [-0.1, -0.05) is 107 Å². The molecule has 2 aromatic carbocycles. The van der Waals surface area contributed by atoms with Crippen LogP contribution in [-0.4, -0.2) is 24.0 Å². The molecule has 0 aliphatic rings. The fourth-order valence-corrected chi connectivity index (χ4v) is 4.48. The van der Waals surface area contributed by atoms with E-state index < -0.39 is 16.1 Å². The second kappa shape index (κ2) is 18.2. The van der Waals surface area contributed by atoms with Crippen molar-refractivity contribution in [2.75, 3.05) is 0 Å². The van der Waals surface area contributed by atoms with Crippen LogP contribution in [0.5, 0.6) is 0 Å². The minimum Gasteiger partial charge on any atom is -0.481 e. The van der Waals surface area contributed by atoms with Gasteiger partial charge in [-0.25, -0.2) is 0 Å². The van der Waals surface area contributed by atoms with Gasteiger partial charge in [-0.3, -0.25) is 9.35 Å². The van der Waals surface area contributed by atoms with Gasteiger partial charge in [0.05, 0.1) is 0 Å². The van der Waals surface area contributed by atoms with E-state index in [0.717, 1.165) is 18.2 Å². The van der Waals surface area contributed by atoms with Gasteiger partial charge >= 0.3 is 5.97 Å². The van der Waals surface area contributed by atoms with Gasteiger partial charge in [-0.15, -0.1) is 0 Å². The molecule has 0 heterocycles. The number of unbranched alkanes of at least 4 members (excludes halogenated alkanes) is 11. The molecule has 0 aromatic heterocycles. The lowest BCUT2D eigenvalue weighted by Gasteiger charge is -2.02. The van der Waals surface area contributed by atoms with Crippen molar-refractivity contribution in [1.29, 1.82) is 0 Å². The molecule has 0 aliphatic heterocycles. The maximum Gasteiger partial charge on any atom is 0.303 e. The molecule has 0 radical (unpaired) electrons. The summed E-state index contributed by atoms with van der Waals surface area (Å²) in [4.78, 5) is 10.3. The third-order valence-electron chi connectivity index (χ3n) is 5.68. The van der Waals surface area contributed by atoms with E-state index in [1.54, 1.807) is 30.3 Å². The summed E-state index contributed by atoms with van der Waals surface area (Å²) in [6.07, 6.45) is 21.2. The van der Waals surface area contributed by atoms with Crippen LogP contribution in [0, 0.1) is 0 Å². The number of carbonyl (C=O) groups is 1. The average Bonchev–Trinajstić information content (AvgIpc) is 2.81. The average molecular weight is 491 g/mol. The molecule has 0 aliphatic carbocycles. The molecular formula is C28H42O5S. The number of carboxylic acid groups (broad SMARTS) is 1. The highest BCUT2D eigenvalue weighted by Crippen LogP contribution is 2.22. The Kier molecular flexibility index (Phi) is 16.0. The Hall–Kier alpha value is -2.18. The summed E-state index contributed by atoms with van der Waals surface area (Å²) in [6, 6.07) is 11.8. The molecule has 0 unspecified atom stereocenters. The van der Waals surface area contributed by atoms with Crippen molar-refractivity contribution in [3.63, 3.8) is 0 Å². The van der Waals surface area contributed by atoms with Gasteiger partial charge in [0.15, 0.2) is 0 Å². The molecule has 0 spiro atoms. The normalized spacial score (nSPS) is 11.5. The van der Waals surface area contributed by atoms with E-state index in [1.165, 1.54) is 76.7 Å². The highest BCUT2D eigenvalue weighted by atomic mass is 32.2.